The van der Waals surface area contributed by atoms with Crippen molar-refractivity contribution < 1.29 is 13.2 Å². The highest BCUT2D eigenvalue weighted by atomic mass is 32.2. The summed E-state index contributed by atoms with van der Waals surface area (Å²) >= 11 is 0. The molecule has 0 fully saturated rings. The van der Waals surface area contributed by atoms with Crippen LogP contribution >= 0.6 is 0 Å². The molecule has 0 atom stereocenters. The highest BCUT2D eigenvalue weighted by Gasteiger charge is 2.19. The van der Waals surface area contributed by atoms with Gasteiger partial charge in [0.15, 0.2) is 15.6 Å². The summed E-state index contributed by atoms with van der Waals surface area (Å²) in [5, 5.41) is 0.620. The van der Waals surface area contributed by atoms with E-state index < -0.39 is 9.84 Å². The minimum atomic E-state index is -3.33. The zero-order chi connectivity index (χ0) is 27.4. The lowest BCUT2D eigenvalue weighted by atomic mass is 10.0. The lowest BCUT2D eigenvalue weighted by Gasteiger charge is -2.17. The molecule has 3 aromatic heterocycles. The van der Waals surface area contributed by atoms with Gasteiger partial charge in [0.25, 0.3) is 11.1 Å². The fourth-order valence-corrected chi connectivity index (χ4v) is 5.18. The second-order valence-corrected chi connectivity index (χ2v) is 11.6. The Morgan fingerprint density at radius 2 is 1.50 bits per heavy atom. The van der Waals surface area contributed by atoms with Gasteiger partial charge in [0, 0.05) is 54.8 Å². The highest BCUT2D eigenvalue weighted by Crippen LogP contribution is 2.38. The van der Waals surface area contributed by atoms with Crippen molar-refractivity contribution in [1.82, 2.24) is 14.1 Å². The molecule has 2 aromatic carbocycles. The van der Waals surface area contributed by atoms with Crippen LogP contribution < -0.4 is 15.9 Å². The number of nitrogens with one attached hydrogen (secondary N) is 1. The van der Waals surface area contributed by atoms with E-state index in [-0.39, 0.29) is 16.0 Å². The molecular weight excluding hydrogens is 502 g/mol. The number of hydrogen-bond acceptors (Lipinski definition) is 5. The molecule has 0 saturated heterocycles. The third-order valence-corrected chi connectivity index (χ3v) is 7.79. The van der Waals surface area contributed by atoms with Crippen LogP contribution in [0.4, 0.5) is 0 Å². The molecule has 0 aliphatic rings. The summed E-state index contributed by atoms with van der Waals surface area (Å²) in [5.41, 5.74) is 4.39. The van der Waals surface area contributed by atoms with Gasteiger partial charge in [0.2, 0.25) is 0 Å². The molecule has 38 heavy (non-hydrogen) atoms. The van der Waals surface area contributed by atoms with Gasteiger partial charge in [0.05, 0.1) is 11.1 Å². The van der Waals surface area contributed by atoms with Crippen LogP contribution in [0, 0.1) is 13.8 Å². The molecule has 0 saturated carbocycles. The Morgan fingerprint density at radius 1 is 0.842 bits per heavy atom. The molecule has 1 N–H and O–H groups in total. The lowest BCUT2D eigenvalue weighted by molar-refractivity contribution is 0.470. The van der Waals surface area contributed by atoms with Crippen LogP contribution in [0.25, 0.3) is 33.3 Å². The van der Waals surface area contributed by atoms with Crippen LogP contribution in [0.3, 0.4) is 0 Å². The normalized spacial score (nSPS) is 11.7. The van der Waals surface area contributed by atoms with Gasteiger partial charge in [-0.05, 0) is 48.7 Å². The van der Waals surface area contributed by atoms with Crippen molar-refractivity contribution in [3.63, 3.8) is 0 Å². The van der Waals surface area contributed by atoms with Gasteiger partial charge in [-0.1, -0.05) is 30.3 Å². The van der Waals surface area contributed by atoms with Crippen LogP contribution in [0.5, 0.6) is 11.5 Å². The molecular formula is C29H27N3O5S. The third-order valence-electron chi connectivity index (χ3n) is 6.66. The zero-order valence-corrected chi connectivity index (χ0v) is 22.5. The average molecular weight is 530 g/mol. The maximum absolute atomic E-state index is 13.1. The number of fused-ring (bicyclic) bond motifs is 1. The van der Waals surface area contributed by atoms with E-state index in [1.165, 1.54) is 27.3 Å². The first-order valence-corrected chi connectivity index (χ1v) is 13.8. The fourth-order valence-electron chi connectivity index (χ4n) is 4.55. The summed E-state index contributed by atoms with van der Waals surface area (Å²) < 4.78 is 33.1. The van der Waals surface area contributed by atoms with Crippen molar-refractivity contribution in [2.45, 2.75) is 18.7 Å². The van der Waals surface area contributed by atoms with Crippen LogP contribution in [0.1, 0.15) is 11.1 Å². The molecule has 0 spiro atoms. The number of hydrogen-bond donors (Lipinski definition) is 1. The SMILES string of the molecule is Cc1cccc(C)c1Oc1cn(C)c(=O)cc1-c1cn(C)c(=O)c2[nH]c(-c3ccc(S(C)(=O)=O)cc3)cc12. The number of H-pyrrole nitrogens is 1. The fraction of sp³-hybridized carbons (Fsp3) is 0.172. The van der Waals surface area contributed by atoms with Crippen molar-refractivity contribution in [2.75, 3.05) is 6.26 Å². The van der Waals surface area contributed by atoms with E-state index in [0.29, 0.717) is 39.2 Å². The number of benzene rings is 2. The van der Waals surface area contributed by atoms with E-state index in [1.807, 2.05) is 38.1 Å². The van der Waals surface area contributed by atoms with Crippen LogP contribution in [0.2, 0.25) is 0 Å². The number of nitrogens with zero attached hydrogens (tertiary/aromatic N) is 2. The summed E-state index contributed by atoms with van der Waals surface area (Å²) in [6.07, 6.45) is 4.50. The topological polar surface area (TPSA) is 103 Å². The molecule has 0 aliphatic carbocycles. The van der Waals surface area contributed by atoms with Crippen molar-refractivity contribution >= 4 is 20.7 Å². The molecule has 194 valence electrons. The minimum Gasteiger partial charge on any atom is -0.455 e. The predicted octanol–water partition coefficient (Wildman–Crippen LogP) is 4.71. The maximum Gasteiger partial charge on any atom is 0.274 e. The van der Waals surface area contributed by atoms with Crippen LogP contribution in [-0.2, 0) is 23.9 Å². The van der Waals surface area contributed by atoms with E-state index in [4.69, 9.17) is 4.74 Å². The summed E-state index contributed by atoms with van der Waals surface area (Å²) in [7, 11) is -0.0212. The number of sulfone groups is 1. The van der Waals surface area contributed by atoms with Crippen LogP contribution in [-0.4, -0.2) is 28.8 Å². The Hall–Kier alpha value is -4.37. The predicted molar refractivity (Wildman–Crippen MR) is 149 cm³/mol. The second-order valence-electron chi connectivity index (χ2n) is 9.55. The molecule has 0 aliphatic heterocycles. The maximum atomic E-state index is 13.1. The van der Waals surface area contributed by atoms with Gasteiger partial charge in [-0.25, -0.2) is 8.42 Å². The molecule has 0 radical (unpaired) electrons. The zero-order valence-electron chi connectivity index (χ0n) is 21.7. The van der Waals surface area contributed by atoms with E-state index in [0.717, 1.165) is 22.9 Å². The first kappa shape index (κ1) is 25.3. The van der Waals surface area contributed by atoms with Crippen molar-refractivity contribution in [1.29, 1.82) is 0 Å². The number of rotatable bonds is 5. The molecule has 5 rings (SSSR count). The monoisotopic (exact) mass is 529 g/mol. The van der Waals surface area contributed by atoms with Gasteiger partial charge in [-0.15, -0.1) is 0 Å². The van der Waals surface area contributed by atoms with E-state index >= 15 is 0 Å². The van der Waals surface area contributed by atoms with Gasteiger partial charge >= 0.3 is 0 Å². The van der Waals surface area contributed by atoms with Crippen molar-refractivity contribution in [3.05, 3.63) is 98.8 Å². The molecule has 3 heterocycles. The number of para-hydroxylation sites is 1. The summed E-state index contributed by atoms with van der Waals surface area (Å²) in [6, 6.07) is 15.7. The second kappa shape index (κ2) is 9.18. The van der Waals surface area contributed by atoms with E-state index in [9.17, 15) is 18.0 Å². The van der Waals surface area contributed by atoms with E-state index in [2.05, 4.69) is 4.98 Å². The van der Waals surface area contributed by atoms with Crippen LogP contribution in [0.15, 0.2) is 81.5 Å². The lowest BCUT2D eigenvalue weighted by Crippen LogP contribution is -2.18. The van der Waals surface area contributed by atoms with Gasteiger partial charge in [-0.2, -0.15) is 0 Å². The standard InChI is InChI=1S/C29H27N3O5S/c1-17-7-6-8-18(2)28(17)37-25-16-31(3)26(33)14-21(25)23-15-32(4)29(34)27-22(23)13-24(30-27)19-9-11-20(12-10-19)38(5,35)36/h6-16,30H,1-5H3. The van der Waals surface area contributed by atoms with Crippen molar-refractivity contribution in [3.8, 4) is 33.9 Å². The summed E-state index contributed by atoms with van der Waals surface area (Å²) in [4.78, 5) is 29.3. The number of pyridine rings is 2. The molecule has 0 unspecified atom stereocenters. The van der Waals surface area contributed by atoms with Gasteiger partial charge in [-0.3, -0.25) is 9.59 Å². The largest absolute Gasteiger partial charge is 0.455 e. The Balaban J connectivity index is 1.73. The van der Waals surface area contributed by atoms with Crippen molar-refractivity contribution in [2.24, 2.45) is 14.1 Å². The first-order chi connectivity index (χ1) is 17.9. The third kappa shape index (κ3) is 4.45. The average Bonchev–Trinajstić information content (AvgIpc) is 3.31. The minimum absolute atomic E-state index is 0.211. The smallest absolute Gasteiger partial charge is 0.274 e. The molecule has 5 aromatic rings. The van der Waals surface area contributed by atoms with Gasteiger partial charge < -0.3 is 18.9 Å². The Morgan fingerprint density at radius 3 is 2.13 bits per heavy atom. The number of ether oxygens (including phenoxy) is 1. The molecule has 0 bridgehead atoms. The Kier molecular flexibility index (Phi) is 6.11. The number of aryl methyl sites for hydroxylation is 4. The summed E-state index contributed by atoms with van der Waals surface area (Å²) in [6.45, 7) is 3.92. The number of aromatic nitrogens is 3. The van der Waals surface area contributed by atoms with E-state index in [1.54, 1.807) is 38.6 Å². The number of aromatic amines is 1. The molecule has 8 nitrogen and oxygen atoms in total. The quantitative estimate of drug-likeness (QED) is 0.355. The van der Waals surface area contributed by atoms with Gasteiger partial charge in [0.1, 0.15) is 11.3 Å². The molecule has 0 amide bonds. The first-order valence-electron chi connectivity index (χ1n) is 11.9. The summed E-state index contributed by atoms with van der Waals surface area (Å²) in [5.74, 6) is 1.18. The highest BCUT2D eigenvalue weighted by molar-refractivity contribution is 7.90. The Labute approximate surface area is 219 Å². The molecule has 9 heteroatoms. The Bertz CT molecular complexity index is 1930.